The minimum Gasteiger partial charge on any atom is -0.497 e. The molecule has 1 saturated heterocycles. The molecule has 2 aromatic carbocycles. The summed E-state index contributed by atoms with van der Waals surface area (Å²) in [5, 5.41) is 10.7. The van der Waals surface area contributed by atoms with Gasteiger partial charge in [0.15, 0.2) is 0 Å². The van der Waals surface area contributed by atoms with Gasteiger partial charge in [0, 0.05) is 34.1 Å². The molecule has 1 unspecified atom stereocenters. The molecule has 2 heterocycles. The number of anilines is 1. The number of carbonyl (C=O) groups is 1. The van der Waals surface area contributed by atoms with E-state index in [0.717, 1.165) is 20.8 Å². The SMILES string of the molecule is COc1ccc(C2CC(=O)N3CN(c4ccc(Br)cc4)CSC3=C2C#N)c(OC)c1. The van der Waals surface area contributed by atoms with Crippen LogP contribution in [-0.4, -0.2) is 37.6 Å². The lowest BCUT2D eigenvalue weighted by Crippen LogP contribution is -2.47. The van der Waals surface area contributed by atoms with Crippen molar-refractivity contribution >= 4 is 39.3 Å². The molecule has 0 radical (unpaired) electrons. The molecule has 0 bridgehead atoms. The summed E-state index contributed by atoms with van der Waals surface area (Å²) >= 11 is 4.97. The summed E-state index contributed by atoms with van der Waals surface area (Å²) < 4.78 is 11.8. The number of carbonyl (C=O) groups excluding carboxylic acids is 1. The number of thioether (sulfide) groups is 1. The number of hydrogen-bond donors (Lipinski definition) is 0. The zero-order valence-electron chi connectivity index (χ0n) is 16.6. The number of benzene rings is 2. The first-order chi connectivity index (χ1) is 14.5. The number of nitriles is 1. The number of ether oxygens (including phenoxy) is 2. The minimum absolute atomic E-state index is 0.00110. The Morgan fingerprint density at radius 3 is 2.60 bits per heavy atom. The molecule has 30 heavy (non-hydrogen) atoms. The van der Waals surface area contributed by atoms with Gasteiger partial charge in [0.25, 0.3) is 0 Å². The molecule has 0 N–H and O–H groups in total. The van der Waals surface area contributed by atoms with Gasteiger partial charge in [-0.3, -0.25) is 9.69 Å². The molecule has 4 rings (SSSR count). The van der Waals surface area contributed by atoms with Crippen molar-refractivity contribution in [2.24, 2.45) is 0 Å². The summed E-state index contributed by atoms with van der Waals surface area (Å²) in [5.41, 5.74) is 2.47. The molecule has 1 fully saturated rings. The highest BCUT2D eigenvalue weighted by molar-refractivity contribution is 9.10. The molecular weight excluding hydrogens is 466 g/mol. The quantitative estimate of drug-likeness (QED) is 0.625. The Balaban J connectivity index is 1.68. The molecular formula is C22H20BrN3O3S. The van der Waals surface area contributed by atoms with E-state index in [2.05, 4.69) is 26.9 Å². The maximum absolute atomic E-state index is 13.1. The van der Waals surface area contributed by atoms with E-state index >= 15 is 0 Å². The van der Waals surface area contributed by atoms with Gasteiger partial charge in [0.2, 0.25) is 5.91 Å². The maximum atomic E-state index is 13.1. The molecule has 8 heteroatoms. The maximum Gasteiger partial charge on any atom is 0.229 e. The van der Waals surface area contributed by atoms with Crippen molar-refractivity contribution in [2.45, 2.75) is 12.3 Å². The number of methoxy groups -OCH3 is 2. The van der Waals surface area contributed by atoms with Gasteiger partial charge in [-0.05, 0) is 30.3 Å². The average molecular weight is 486 g/mol. The average Bonchev–Trinajstić information content (AvgIpc) is 2.79. The van der Waals surface area contributed by atoms with Crippen LogP contribution in [0.4, 0.5) is 5.69 Å². The van der Waals surface area contributed by atoms with Gasteiger partial charge < -0.3 is 14.4 Å². The Kier molecular flexibility index (Phi) is 5.93. The van der Waals surface area contributed by atoms with Crippen LogP contribution in [0.5, 0.6) is 11.5 Å². The number of fused-ring (bicyclic) bond motifs is 1. The van der Waals surface area contributed by atoms with Crippen molar-refractivity contribution in [1.29, 1.82) is 5.26 Å². The number of halogens is 1. The molecule has 2 aliphatic heterocycles. The van der Waals surface area contributed by atoms with Gasteiger partial charge in [-0.1, -0.05) is 33.8 Å². The lowest BCUT2D eigenvalue weighted by atomic mass is 9.86. The monoisotopic (exact) mass is 485 g/mol. The van der Waals surface area contributed by atoms with E-state index in [-0.39, 0.29) is 18.2 Å². The fourth-order valence-electron chi connectivity index (χ4n) is 3.75. The summed E-state index contributed by atoms with van der Waals surface area (Å²) in [4.78, 5) is 16.9. The second-order valence-electron chi connectivity index (χ2n) is 6.95. The van der Waals surface area contributed by atoms with E-state index in [1.165, 1.54) is 11.8 Å². The third-order valence-electron chi connectivity index (χ3n) is 5.30. The molecule has 2 aliphatic rings. The molecule has 1 atom stereocenters. The molecule has 6 nitrogen and oxygen atoms in total. The first-order valence-electron chi connectivity index (χ1n) is 9.35. The van der Waals surface area contributed by atoms with E-state index < -0.39 is 0 Å². The van der Waals surface area contributed by atoms with Crippen LogP contribution >= 0.6 is 27.7 Å². The summed E-state index contributed by atoms with van der Waals surface area (Å²) in [6.45, 7) is 0.431. The van der Waals surface area contributed by atoms with Crippen molar-refractivity contribution in [3.05, 3.63) is 63.1 Å². The van der Waals surface area contributed by atoms with Gasteiger partial charge in [-0.15, -0.1) is 0 Å². The van der Waals surface area contributed by atoms with Crippen LogP contribution in [0.3, 0.4) is 0 Å². The third kappa shape index (κ3) is 3.75. The second kappa shape index (κ2) is 8.62. The van der Waals surface area contributed by atoms with E-state index in [1.54, 1.807) is 25.2 Å². The Hall–Kier alpha value is -2.63. The summed E-state index contributed by atoms with van der Waals surface area (Å²) in [7, 11) is 3.18. The summed E-state index contributed by atoms with van der Waals surface area (Å²) in [6, 6.07) is 15.9. The molecule has 0 saturated carbocycles. The van der Waals surface area contributed by atoms with Crippen molar-refractivity contribution in [2.75, 3.05) is 31.7 Å². The minimum atomic E-state index is -0.332. The number of hydrogen-bond acceptors (Lipinski definition) is 6. The van der Waals surface area contributed by atoms with Crippen LogP contribution in [0.1, 0.15) is 17.9 Å². The fraction of sp³-hybridized carbons (Fsp3) is 0.273. The van der Waals surface area contributed by atoms with Crippen LogP contribution in [0.25, 0.3) is 0 Å². The van der Waals surface area contributed by atoms with Crippen molar-refractivity contribution < 1.29 is 14.3 Å². The second-order valence-corrected chi connectivity index (χ2v) is 8.80. The summed E-state index contributed by atoms with van der Waals surface area (Å²) in [6.07, 6.45) is 0.226. The fourth-order valence-corrected chi connectivity index (χ4v) is 5.18. The zero-order valence-corrected chi connectivity index (χ0v) is 19.0. The van der Waals surface area contributed by atoms with Crippen LogP contribution in [0.15, 0.2) is 57.5 Å². The molecule has 0 aromatic heterocycles. The van der Waals surface area contributed by atoms with Gasteiger partial charge in [0.05, 0.1) is 43.4 Å². The molecule has 154 valence electrons. The normalized spacial score (nSPS) is 18.7. The van der Waals surface area contributed by atoms with Crippen LogP contribution in [0, 0.1) is 11.3 Å². The topological polar surface area (TPSA) is 65.8 Å². The molecule has 1 amide bonds. The third-order valence-corrected chi connectivity index (χ3v) is 6.98. The van der Waals surface area contributed by atoms with E-state index in [4.69, 9.17) is 9.47 Å². The first-order valence-corrected chi connectivity index (χ1v) is 11.1. The summed E-state index contributed by atoms with van der Waals surface area (Å²) in [5.74, 6) is 1.62. The van der Waals surface area contributed by atoms with Gasteiger partial charge in [-0.25, -0.2) is 0 Å². The smallest absolute Gasteiger partial charge is 0.229 e. The van der Waals surface area contributed by atoms with Crippen LogP contribution in [-0.2, 0) is 4.79 Å². The van der Waals surface area contributed by atoms with Gasteiger partial charge >= 0.3 is 0 Å². The Labute approximate surface area is 188 Å². The lowest BCUT2D eigenvalue weighted by molar-refractivity contribution is -0.129. The standard InChI is InChI=1S/C22H20BrN3O3S/c1-28-16-7-8-17(20(9-16)29-2)18-10-21(27)26-12-25(13-30-22(26)19(18)11-24)15-5-3-14(23)4-6-15/h3-9,18H,10,12-13H2,1-2H3. The largest absolute Gasteiger partial charge is 0.497 e. The van der Waals surface area contributed by atoms with Crippen molar-refractivity contribution in [3.63, 3.8) is 0 Å². The number of amides is 1. The first kappa shape index (κ1) is 20.6. The van der Waals surface area contributed by atoms with E-state index in [0.29, 0.717) is 29.6 Å². The highest BCUT2D eigenvalue weighted by atomic mass is 79.9. The molecule has 2 aromatic rings. The zero-order chi connectivity index (χ0) is 21.3. The Bertz CT molecular complexity index is 1050. The van der Waals surface area contributed by atoms with Crippen LogP contribution < -0.4 is 14.4 Å². The highest BCUT2D eigenvalue weighted by Gasteiger charge is 2.39. The van der Waals surface area contributed by atoms with Gasteiger partial charge in [0.1, 0.15) is 11.5 Å². The van der Waals surface area contributed by atoms with Crippen molar-refractivity contribution in [3.8, 4) is 17.6 Å². The number of allylic oxidation sites excluding steroid dienone is 1. The number of rotatable bonds is 4. The predicted molar refractivity (Wildman–Crippen MR) is 120 cm³/mol. The van der Waals surface area contributed by atoms with E-state index in [9.17, 15) is 10.1 Å². The highest BCUT2D eigenvalue weighted by Crippen LogP contribution is 2.45. The number of nitrogens with zero attached hydrogens (tertiary/aromatic N) is 3. The van der Waals surface area contributed by atoms with Crippen molar-refractivity contribution in [1.82, 2.24) is 4.90 Å². The Morgan fingerprint density at radius 2 is 1.93 bits per heavy atom. The van der Waals surface area contributed by atoms with Crippen LogP contribution in [0.2, 0.25) is 0 Å². The molecule has 0 aliphatic carbocycles. The molecule has 0 spiro atoms. The predicted octanol–water partition coefficient (Wildman–Crippen LogP) is 4.69. The Morgan fingerprint density at radius 1 is 1.17 bits per heavy atom. The van der Waals surface area contributed by atoms with E-state index in [1.807, 2.05) is 36.4 Å². The van der Waals surface area contributed by atoms with Gasteiger partial charge in [-0.2, -0.15) is 5.26 Å². The lowest BCUT2D eigenvalue weighted by Gasteiger charge is -2.42.